The van der Waals surface area contributed by atoms with Crippen LogP contribution < -0.4 is 4.90 Å². The van der Waals surface area contributed by atoms with Gasteiger partial charge in [-0.15, -0.1) is 0 Å². The third-order valence-electron chi connectivity index (χ3n) is 3.61. The minimum Gasteiger partial charge on any atom is -0.268 e. The fraction of sp³-hybridized carbons (Fsp3) is 0.188. The molecule has 1 aliphatic rings. The normalized spacial score (nSPS) is 13.8. The summed E-state index contributed by atoms with van der Waals surface area (Å²) < 4.78 is 0. The molecular weight excluding hydrogens is 252 g/mol. The first-order valence-electron chi connectivity index (χ1n) is 6.56. The minimum absolute atomic E-state index is 0.267. The van der Waals surface area contributed by atoms with Gasteiger partial charge in [0.25, 0.3) is 11.8 Å². The molecule has 0 aliphatic carbocycles. The van der Waals surface area contributed by atoms with Gasteiger partial charge in [-0.05, 0) is 30.5 Å². The molecule has 2 heterocycles. The maximum atomic E-state index is 12.5. The van der Waals surface area contributed by atoms with E-state index in [1.807, 2.05) is 32.0 Å². The standard InChI is InChI=1S/C16H14N2O2/c1-3-11-6-4-5-10(2)14(11)18-15(19)12-7-8-17-9-13(12)16(18)20/h4-9H,3H2,1-2H3. The van der Waals surface area contributed by atoms with Crippen LogP contribution in [0.15, 0.2) is 36.7 Å². The maximum absolute atomic E-state index is 12.5. The lowest BCUT2D eigenvalue weighted by Crippen LogP contribution is -2.31. The van der Waals surface area contributed by atoms with Crippen molar-refractivity contribution in [2.24, 2.45) is 0 Å². The van der Waals surface area contributed by atoms with E-state index in [4.69, 9.17) is 0 Å². The summed E-state index contributed by atoms with van der Waals surface area (Å²) in [5.74, 6) is -0.557. The highest BCUT2D eigenvalue weighted by molar-refractivity contribution is 6.34. The van der Waals surface area contributed by atoms with Crippen LogP contribution in [0.1, 0.15) is 38.8 Å². The molecule has 0 spiro atoms. The number of fused-ring (bicyclic) bond motifs is 1. The predicted octanol–water partition coefficient (Wildman–Crippen LogP) is 2.75. The van der Waals surface area contributed by atoms with Crippen LogP contribution in [0.2, 0.25) is 0 Å². The summed E-state index contributed by atoms with van der Waals surface area (Å²) in [5, 5.41) is 0. The number of benzene rings is 1. The van der Waals surface area contributed by atoms with Crippen LogP contribution in [0, 0.1) is 6.92 Å². The van der Waals surface area contributed by atoms with Crippen molar-refractivity contribution >= 4 is 17.5 Å². The molecule has 0 bridgehead atoms. The summed E-state index contributed by atoms with van der Waals surface area (Å²) in [6.45, 7) is 3.92. The topological polar surface area (TPSA) is 50.3 Å². The second-order valence-electron chi connectivity index (χ2n) is 4.80. The molecule has 2 amide bonds. The number of imide groups is 1. The number of rotatable bonds is 2. The van der Waals surface area contributed by atoms with Gasteiger partial charge in [-0.3, -0.25) is 14.6 Å². The Bertz CT molecular complexity index is 687. The average molecular weight is 266 g/mol. The number of nitrogens with zero attached hydrogens (tertiary/aromatic N) is 2. The van der Waals surface area contributed by atoms with Crippen LogP contribution in [-0.2, 0) is 6.42 Å². The van der Waals surface area contributed by atoms with E-state index in [9.17, 15) is 9.59 Å². The number of aromatic nitrogens is 1. The summed E-state index contributed by atoms with van der Waals surface area (Å²) in [7, 11) is 0. The quantitative estimate of drug-likeness (QED) is 0.785. The number of para-hydroxylation sites is 1. The molecule has 0 saturated heterocycles. The molecule has 4 heteroatoms. The van der Waals surface area contributed by atoms with Crippen molar-refractivity contribution in [3.63, 3.8) is 0 Å². The second kappa shape index (κ2) is 4.56. The minimum atomic E-state index is -0.290. The highest BCUT2D eigenvalue weighted by Gasteiger charge is 2.38. The van der Waals surface area contributed by atoms with Crippen molar-refractivity contribution in [3.05, 3.63) is 58.9 Å². The zero-order valence-corrected chi connectivity index (χ0v) is 11.4. The van der Waals surface area contributed by atoms with Gasteiger partial charge >= 0.3 is 0 Å². The van der Waals surface area contributed by atoms with Crippen molar-refractivity contribution in [1.29, 1.82) is 0 Å². The third kappa shape index (κ3) is 1.65. The van der Waals surface area contributed by atoms with Gasteiger partial charge in [0.15, 0.2) is 0 Å². The van der Waals surface area contributed by atoms with Gasteiger partial charge in [0.1, 0.15) is 0 Å². The highest BCUT2D eigenvalue weighted by atomic mass is 16.2. The molecule has 1 aromatic heterocycles. The summed E-state index contributed by atoms with van der Waals surface area (Å²) in [4.78, 5) is 30.2. The molecule has 0 saturated carbocycles. The van der Waals surface area contributed by atoms with Crippen LogP contribution >= 0.6 is 0 Å². The number of hydrogen-bond donors (Lipinski definition) is 0. The molecular formula is C16H14N2O2. The zero-order chi connectivity index (χ0) is 14.3. The molecule has 20 heavy (non-hydrogen) atoms. The molecule has 0 unspecified atom stereocenters. The Balaban J connectivity index is 2.19. The molecule has 1 aromatic carbocycles. The molecule has 0 N–H and O–H groups in total. The van der Waals surface area contributed by atoms with Crippen molar-refractivity contribution in [1.82, 2.24) is 4.98 Å². The average Bonchev–Trinajstić information content (AvgIpc) is 2.72. The van der Waals surface area contributed by atoms with Crippen LogP contribution in [0.3, 0.4) is 0 Å². The van der Waals surface area contributed by atoms with E-state index in [-0.39, 0.29) is 11.8 Å². The van der Waals surface area contributed by atoms with E-state index >= 15 is 0 Å². The molecule has 1 aliphatic heterocycles. The van der Waals surface area contributed by atoms with E-state index in [0.29, 0.717) is 16.8 Å². The van der Waals surface area contributed by atoms with Gasteiger partial charge in [-0.1, -0.05) is 25.1 Å². The molecule has 3 rings (SSSR count). The lowest BCUT2D eigenvalue weighted by Gasteiger charge is -2.20. The molecule has 0 radical (unpaired) electrons. The number of pyridine rings is 1. The SMILES string of the molecule is CCc1cccc(C)c1N1C(=O)c2ccncc2C1=O. The van der Waals surface area contributed by atoms with E-state index in [1.165, 1.54) is 17.3 Å². The van der Waals surface area contributed by atoms with E-state index in [1.54, 1.807) is 6.07 Å². The smallest absolute Gasteiger partial charge is 0.267 e. The Morgan fingerprint density at radius 1 is 1.10 bits per heavy atom. The number of amides is 2. The van der Waals surface area contributed by atoms with E-state index in [2.05, 4.69) is 4.98 Å². The van der Waals surface area contributed by atoms with E-state index < -0.39 is 0 Å². The lowest BCUT2D eigenvalue weighted by atomic mass is 10.0. The summed E-state index contributed by atoms with van der Waals surface area (Å²) >= 11 is 0. The third-order valence-corrected chi connectivity index (χ3v) is 3.61. The lowest BCUT2D eigenvalue weighted by molar-refractivity contribution is 0.0925. The van der Waals surface area contributed by atoms with Gasteiger partial charge in [0, 0.05) is 12.4 Å². The number of aryl methyl sites for hydroxylation is 2. The van der Waals surface area contributed by atoms with Crippen molar-refractivity contribution in [2.45, 2.75) is 20.3 Å². The van der Waals surface area contributed by atoms with Gasteiger partial charge in [-0.25, -0.2) is 4.90 Å². The summed E-state index contributed by atoms with van der Waals surface area (Å²) in [6.07, 6.45) is 3.76. The van der Waals surface area contributed by atoms with Gasteiger partial charge in [0.2, 0.25) is 0 Å². The number of carbonyl (C=O) groups is 2. The Morgan fingerprint density at radius 3 is 2.55 bits per heavy atom. The van der Waals surface area contributed by atoms with Crippen LogP contribution in [0.25, 0.3) is 0 Å². The van der Waals surface area contributed by atoms with Crippen molar-refractivity contribution in [2.75, 3.05) is 4.90 Å². The zero-order valence-electron chi connectivity index (χ0n) is 11.4. The van der Waals surface area contributed by atoms with Gasteiger partial charge in [-0.2, -0.15) is 0 Å². The molecule has 100 valence electrons. The van der Waals surface area contributed by atoms with Crippen molar-refractivity contribution < 1.29 is 9.59 Å². The number of carbonyl (C=O) groups excluding carboxylic acids is 2. The Hall–Kier alpha value is -2.49. The maximum Gasteiger partial charge on any atom is 0.267 e. The molecule has 2 aromatic rings. The van der Waals surface area contributed by atoms with Gasteiger partial charge in [0.05, 0.1) is 16.8 Å². The van der Waals surface area contributed by atoms with Gasteiger partial charge < -0.3 is 0 Å². The Kier molecular flexibility index (Phi) is 2.86. The van der Waals surface area contributed by atoms with E-state index in [0.717, 1.165) is 17.5 Å². The summed E-state index contributed by atoms with van der Waals surface area (Å²) in [5.41, 5.74) is 3.43. The fourth-order valence-corrected chi connectivity index (χ4v) is 2.61. The van der Waals surface area contributed by atoms with Crippen molar-refractivity contribution in [3.8, 4) is 0 Å². The van der Waals surface area contributed by atoms with Crippen LogP contribution in [0.4, 0.5) is 5.69 Å². The Morgan fingerprint density at radius 2 is 1.85 bits per heavy atom. The molecule has 4 nitrogen and oxygen atoms in total. The predicted molar refractivity (Wildman–Crippen MR) is 75.9 cm³/mol. The van der Waals surface area contributed by atoms with Crippen LogP contribution in [-0.4, -0.2) is 16.8 Å². The van der Waals surface area contributed by atoms with Crippen LogP contribution in [0.5, 0.6) is 0 Å². The second-order valence-corrected chi connectivity index (χ2v) is 4.80. The Labute approximate surface area is 117 Å². The molecule has 0 fully saturated rings. The fourth-order valence-electron chi connectivity index (χ4n) is 2.61. The number of anilines is 1. The first kappa shape index (κ1) is 12.5. The first-order chi connectivity index (χ1) is 9.65. The first-order valence-corrected chi connectivity index (χ1v) is 6.56. The number of hydrogen-bond acceptors (Lipinski definition) is 3. The highest BCUT2D eigenvalue weighted by Crippen LogP contribution is 2.33. The molecule has 0 atom stereocenters. The monoisotopic (exact) mass is 266 g/mol. The summed E-state index contributed by atoms with van der Waals surface area (Å²) in [6, 6.07) is 7.40. The largest absolute Gasteiger partial charge is 0.268 e.